The van der Waals surface area contributed by atoms with Crippen molar-refractivity contribution in [3.63, 3.8) is 0 Å². The Hall–Kier alpha value is -2.41. The normalized spacial score (nSPS) is 11.9. The second-order valence-electron chi connectivity index (χ2n) is 4.67. The van der Waals surface area contributed by atoms with E-state index in [9.17, 15) is 8.42 Å². The fraction of sp³-hybridized carbons (Fsp3) is 0.143. The van der Waals surface area contributed by atoms with Crippen LogP contribution in [0.4, 0.5) is 5.82 Å². The summed E-state index contributed by atoms with van der Waals surface area (Å²) in [6.45, 7) is 4.20. The molecule has 3 aromatic rings. The molecule has 0 radical (unpaired) electrons. The summed E-state index contributed by atoms with van der Waals surface area (Å²) < 4.78 is 25.2. The van der Waals surface area contributed by atoms with Crippen LogP contribution in [0.3, 0.4) is 0 Å². The van der Waals surface area contributed by atoms with E-state index in [1.54, 1.807) is 30.5 Å². The molecule has 0 aliphatic rings. The molecule has 0 fully saturated rings. The fourth-order valence-corrected chi connectivity index (χ4v) is 2.80. The van der Waals surface area contributed by atoms with Crippen molar-refractivity contribution in [2.45, 2.75) is 4.90 Å². The number of hydrogen-bond acceptors (Lipinski definition) is 5. The first-order chi connectivity index (χ1) is 10.0. The van der Waals surface area contributed by atoms with Crippen LogP contribution in [-0.2, 0) is 9.84 Å². The predicted molar refractivity (Wildman–Crippen MR) is 82.3 cm³/mol. The van der Waals surface area contributed by atoms with Crippen LogP contribution >= 0.6 is 0 Å². The predicted octanol–water partition coefficient (Wildman–Crippen LogP) is 1.88. The Morgan fingerprint density at radius 1 is 1.43 bits per heavy atom. The van der Waals surface area contributed by atoms with Crippen LogP contribution < -0.4 is 5.32 Å². The van der Waals surface area contributed by atoms with Gasteiger partial charge in [-0.05, 0) is 18.2 Å². The molecule has 0 atom stereocenters. The highest BCUT2D eigenvalue weighted by atomic mass is 32.2. The van der Waals surface area contributed by atoms with Crippen molar-refractivity contribution in [2.24, 2.45) is 0 Å². The van der Waals surface area contributed by atoms with Crippen molar-refractivity contribution in [3.05, 3.63) is 43.2 Å². The van der Waals surface area contributed by atoms with Gasteiger partial charge in [0.2, 0.25) is 0 Å². The zero-order valence-electron chi connectivity index (χ0n) is 11.4. The second kappa shape index (κ2) is 4.85. The molecule has 1 aromatic carbocycles. The highest BCUT2D eigenvalue weighted by Crippen LogP contribution is 2.23. The lowest BCUT2D eigenvalue weighted by Crippen LogP contribution is -2.05. The molecule has 0 saturated carbocycles. The number of sulfone groups is 1. The van der Waals surface area contributed by atoms with Crippen LogP contribution in [0, 0.1) is 0 Å². The number of nitrogens with zero attached hydrogens (tertiary/aromatic N) is 3. The minimum Gasteiger partial charge on any atom is -0.363 e. The van der Waals surface area contributed by atoms with E-state index in [1.165, 1.54) is 6.26 Å². The van der Waals surface area contributed by atoms with Gasteiger partial charge in [-0.3, -0.25) is 4.40 Å². The van der Waals surface area contributed by atoms with E-state index in [0.717, 1.165) is 5.52 Å². The molecule has 0 amide bonds. The number of fused-ring (bicyclic) bond motifs is 3. The number of nitrogens with one attached hydrogen (secondary N) is 1. The van der Waals surface area contributed by atoms with E-state index in [1.807, 2.05) is 10.6 Å². The summed E-state index contributed by atoms with van der Waals surface area (Å²) in [6, 6.07) is 4.89. The third kappa shape index (κ3) is 2.36. The lowest BCUT2D eigenvalue weighted by Gasteiger charge is -2.09. The van der Waals surface area contributed by atoms with Gasteiger partial charge >= 0.3 is 0 Å². The first kappa shape index (κ1) is 13.6. The molecule has 1 N–H and O–H groups in total. The summed E-state index contributed by atoms with van der Waals surface area (Å²) in [5, 5.41) is 3.11. The van der Waals surface area contributed by atoms with Gasteiger partial charge in [-0.2, -0.15) is 0 Å². The number of aromatic nitrogens is 3. The standard InChI is InChI=1S/C14H14N4O2S/c1-3-6-15-13-14-16-7-8-18(14)12-5-4-10(21(2,19)20)9-11(12)17-13/h3-5,7-9H,1,6H2,2H3,(H,15,17). The molecule has 0 aliphatic heterocycles. The zero-order valence-corrected chi connectivity index (χ0v) is 12.3. The Morgan fingerprint density at radius 3 is 2.95 bits per heavy atom. The average molecular weight is 302 g/mol. The maximum absolute atomic E-state index is 11.7. The average Bonchev–Trinajstić information content (AvgIpc) is 2.92. The maximum atomic E-state index is 11.7. The number of benzene rings is 1. The molecule has 0 saturated heterocycles. The largest absolute Gasteiger partial charge is 0.363 e. The Balaban J connectivity index is 2.31. The topological polar surface area (TPSA) is 76.4 Å². The first-order valence-electron chi connectivity index (χ1n) is 6.32. The number of hydrogen-bond donors (Lipinski definition) is 1. The highest BCUT2D eigenvalue weighted by Gasteiger charge is 2.12. The van der Waals surface area contributed by atoms with Gasteiger partial charge in [0.15, 0.2) is 21.3 Å². The van der Waals surface area contributed by atoms with Crippen molar-refractivity contribution in [1.82, 2.24) is 14.4 Å². The van der Waals surface area contributed by atoms with Gasteiger partial charge in [-0.25, -0.2) is 18.4 Å². The SMILES string of the molecule is C=CCNc1nc2cc(S(C)(=O)=O)ccc2n2ccnc12. The lowest BCUT2D eigenvalue weighted by atomic mass is 10.3. The zero-order chi connectivity index (χ0) is 15.0. The summed E-state index contributed by atoms with van der Waals surface area (Å²) in [6.07, 6.45) is 6.40. The molecule has 0 unspecified atom stereocenters. The van der Waals surface area contributed by atoms with Crippen molar-refractivity contribution >= 4 is 32.3 Å². The first-order valence-corrected chi connectivity index (χ1v) is 8.21. The Kier molecular flexibility index (Phi) is 3.13. The number of imidazole rings is 1. The molecule has 2 aromatic heterocycles. The van der Waals surface area contributed by atoms with Gasteiger partial charge in [-0.15, -0.1) is 6.58 Å². The van der Waals surface area contributed by atoms with Gasteiger partial charge in [-0.1, -0.05) is 6.08 Å². The minimum absolute atomic E-state index is 0.247. The van der Waals surface area contributed by atoms with Crippen molar-refractivity contribution < 1.29 is 8.42 Å². The van der Waals surface area contributed by atoms with E-state index < -0.39 is 9.84 Å². The quantitative estimate of drug-likeness (QED) is 0.745. The summed E-state index contributed by atoms with van der Waals surface area (Å²) in [4.78, 5) is 9.01. The third-order valence-electron chi connectivity index (χ3n) is 3.13. The van der Waals surface area contributed by atoms with Gasteiger partial charge in [0.1, 0.15) is 0 Å². The second-order valence-corrected chi connectivity index (χ2v) is 6.69. The lowest BCUT2D eigenvalue weighted by molar-refractivity contribution is 0.602. The molecular formula is C14H14N4O2S. The smallest absolute Gasteiger partial charge is 0.180 e. The molecular weight excluding hydrogens is 288 g/mol. The molecule has 0 spiro atoms. The number of rotatable bonds is 4. The van der Waals surface area contributed by atoms with E-state index in [2.05, 4.69) is 21.9 Å². The molecule has 2 heterocycles. The van der Waals surface area contributed by atoms with Crippen LogP contribution in [0.5, 0.6) is 0 Å². The van der Waals surface area contributed by atoms with E-state index >= 15 is 0 Å². The maximum Gasteiger partial charge on any atom is 0.180 e. The van der Waals surface area contributed by atoms with Crippen molar-refractivity contribution in [3.8, 4) is 0 Å². The Bertz CT molecular complexity index is 944. The van der Waals surface area contributed by atoms with Crippen LogP contribution in [0.25, 0.3) is 16.7 Å². The fourth-order valence-electron chi connectivity index (χ4n) is 2.16. The van der Waals surface area contributed by atoms with E-state index in [-0.39, 0.29) is 4.90 Å². The summed E-state index contributed by atoms with van der Waals surface area (Å²) in [5.41, 5.74) is 2.09. The van der Waals surface area contributed by atoms with Gasteiger partial charge in [0.25, 0.3) is 0 Å². The summed E-state index contributed by atoms with van der Waals surface area (Å²) in [7, 11) is -3.27. The van der Waals surface area contributed by atoms with Crippen LogP contribution in [0.15, 0.2) is 48.1 Å². The van der Waals surface area contributed by atoms with Crippen LogP contribution in [0.1, 0.15) is 0 Å². The van der Waals surface area contributed by atoms with Crippen LogP contribution in [-0.4, -0.2) is 35.6 Å². The molecule has 6 nitrogen and oxygen atoms in total. The van der Waals surface area contributed by atoms with Crippen LogP contribution in [0.2, 0.25) is 0 Å². The van der Waals surface area contributed by atoms with Gasteiger partial charge < -0.3 is 5.32 Å². The highest BCUT2D eigenvalue weighted by molar-refractivity contribution is 7.90. The third-order valence-corrected chi connectivity index (χ3v) is 4.24. The van der Waals surface area contributed by atoms with Crippen molar-refractivity contribution in [2.75, 3.05) is 18.1 Å². The molecule has 3 rings (SSSR count). The Labute approximate surface area is 122 Å². The monoisotopic (exact) mass is 302 g/mol. The van der Waals surface area contributed by atoms with E-state index in [4.69, 9.17) is 0 Å². The molecule has 108 valence electrons. The number of anilines is 1. The molecule has 21 heavy (non-hydrogen) atoms. The van der Waals surface area contributed by atoms with Gasteiger partial charge in [0, 0.05) is 25.2 Å². The van der Waals surface area contributed by atoms with Crippen molar-refractivity contribution in [1.29, 1.82) is 0 Å². The summed E-state index contributed by atoms with van der Waals surface area (Å²) in [5.74, 6) is 0.595. The Morgan fingerprint density at radius 2 is 2.24 bits per heavy atom. The summed E-state index contributed by atoms with van der Waals surface area (Å²) >= 11 is 0. The minimum atomic E-state index is -3.27. The molecule has 7 heteroatoms. The van der Waals surface area contributed by atoms with E-state index in [0.29, 0.717) is 23.5 Å². The molecule has 0 bridgehead atoms. The molecule has 0 aliphatic carbocycles. The van der Waals surface area contributed by atoms with Gasteiger partial charge in [0.05, 0.1) is 15.9 Å².